The van der Waals surface area contributed by atoms with Crippen LogP contribution in [0.5, 0.6) is 0 Å². The normalized spacial score (nSPS) is 11.8. The Morgan fingerprint density at radius 1 is 1.29 bits per heavy atom. The van der Waals surface area contributed by atoms with Crippen molar-refractivity contribution >= 4 is 11.9 Å². The van der Waals surface area contributed by atoms with Crippen molar-refractivity contribution in [1.29, 1.82) is 0 Å². The fraction of sp³-hybridized carbons (Fsp3) is 0.385. The second-order valence-corrected chi connectivity index (χ2v) is 3.81. The number of hydrogen-bond acceptors (Lipinski definition) is 2. The maximum Gasteiger partial charge on any atom is 0.305 e. The van der Waals surface area contributed by atoms with Crippen LogP contribution in [0.25, 0.3) is 0 Å². The van der Waals surface area contributed by atoms with Crippen LogP contribution in [0.2, 0.25) is 0 Å². The van der Waals surface area contributed by atoms with Gasteiger partial charge in [0.05, 0.1) is 12.3 Å². The molecular weight excluding hydrogens is 218 g/mol. The third kappa shape index (κ3) is 4.26. The zero-order valence-electron chi connectivity index (χ0n) is 9.85. The van der Waals surface area contributed by atoms with E-state index >= 15 is 0 Å². The van der Waals surface area contributed by atoms with Crippen molar-refractivity contribution in [2.45, 2.75) is 25.7 Å². The molecule has 0 radical (unpaired) electrons. The number of carbonyl (C=O) groups excluding carboxylic acids is 1. The summed E-state index contributed by atoms with van der Waals surface area (Å²) < 4.78 is 0. The highest BCUT2D eigenvalue weighted by Crippen LogP contribution is 2.18. The number of rotatable bonds is 6. The largest absolute Gasteiger partial charge is 0.481 e. The van der Waals surface area contributed by atoms with Gasteiger partial charge in [0.1, 0.15) is 0 Å². The molecule has 0 aliphatic carbocycles. The minimum absolute atomic E-state index is 0.0447. The summed E-state index contributed by atoms with van der Waals surface area (Å²) in [7, 11) is 0. The first kappa shape index (κ1) is 13.2. The minimum Gasteiger partial charge on any atom is -0.481 e. The molecule has 1 atom stereocenters. The maximum atomic E-state index is 11.9. The van der Waals surface area contributed by atoms with E-state index in [0.29, 0.717) is 6.42 Å². The summed E-state index contributed by atoms with van der Waals surface area (Å²) in [6.45, 7) is 2.12. The van der Waals surface area contributed by atoms with Crippen LogP contribution in [-0.2, 0) is 9.59 Å². The van der Waals surface area contributed by atoms with Crippen LogP contribution in [-0.4, -0.2) is 23.5 Å². The van der Waals surface area contributed by atoms with E-state index in [4.69, 9.17) is 5.11 Å². The molecule has 0 heterocycles. The summed E-state index contributed by atoms with van der Waals surface area (Å²) in [5.74, 6) is -1.22. The highest BCUT2D eigenvalue weighted by Gasteiger charge is 2.17. The zero-order valence-corrected chi connectivity index (χ0v) is 9.85. The second kappa shape index (κ2) is 6.68. The standard InChI is InChI=1S/C13H17NO3/c1-2-11(10-6-4-3-5-7-10)13(17)14-9-8-12(15)16/h3-7,11H,2,8-9H2,1H3,(H,14,17)(H,15,16). The number of carbonyl (C=O) groups is 2. The predicted molar refractivity (Wildman–Crippen MR) is 64.7 cm³/mol. The molecule has 2 N–H and O–H groups in total. The van der Waals surface area contributed by atoms with E-state index in [-0.39, 0.29) is 24.8 Å². The smallest absolute Gasteiger partial charge is 0.305 e. The van der Waals surface area contributed by atoms with Crippen molar-refractivity contribution in [3.63, 3.8) is 0 Å². The Labute approximate surface area is 101 Å². The summed E-state index contributed by atoms with van der Waals surface area (Å²) in [4.78, 5) is 22.2. The average Bonchev–Trinajstić information content (AvgIpc) is 2.31. The van der Waals surface area contributed by atoms with Gasteiger partial charge in [0, 0.05) is 6.54 Å². The van der Waals surface area contributed by atoms with E-state index in [1.54, 1.807) is 0 Å². The van der Waals surface area contributed by atoms with Gasteiger partial charge < -0.3 is 10.4 Å². The number of nitrogens with one attached hydrogen (secondary N) is 1. The van der Waals surface area contributed by atoms with Gasteiger partial charge in [-0.15, -0.1) is 0 Å². The fourth-order valence-electron chi connectivity index (χ4n) is 1.67. The quantitative estimate of drug-likeness (QED) is 0.789. The van der Waals surface area contributed by atoms with Crippen molar-refractivity contribution in [3.8, 4) is 0 Å². The summed E-state index contributed by atoms with van der Waals surface area (Å²) in [5.41, 5.74) is 0.961. The van der Waals surface area contributed by atoms with Gasteiger partial charge in [0.25, 0.3) is 0 Å². The Balaban J connectivity index is 2.56. The monoisotopic (exact) mass is 235 g/mol. The molecule has 4 nitrogen and oxygen atoms in total. The van der Waals surface area contributed by atoms with E-state index < -0.39 is 5.97 Å². The molecule has 92 valence electrons. The number of hydrogen-bond donors (Lipinski definition) is 2. The van der Waals surface area contributed by atoms with Gasteiger partial charge in [0.15, 0.2) is 0 Å². The number of benzene rings is 1. The third-order valence-electron chi connectivity index (χ3n) is 2.56. The molecular formula is C13H17NO3. The van der Waals surface area contributed by atoms with Crippen molar-refractivity contribution in [2.24, 2.45) is 0 Å². The highest BCUT2D eigenvalue weighted by atomic mass is 16.4. The Hall–Kier alpha value is -1.84. The van der Waals surface area contributed by atoms with E-state index in [0.717, 1.165) is 5.56 Å². The van der Waals surface area contributed by atoms with Crippen molar-refractivity contribution in [1.82, 2.24) is 5.32 Å². The summed E-state index contributed by atoms with van der Waals surface area (Å²) in [6, 6.07) is 9.50. The lowest BCUT2D eigenvalue weighted by molar-refractivity contribution is -0.136. The van der Waals surface area contributed by atoms with Crippen molar-refractivity contribution in [3.05, 3.63) is 35.9 Å². The Kier molecular flexibility index (Phi) is 5.20. The zero-order chi connectivity index (χ0) is 12.7. The molecule has 4 heteroatoms. The number of carboxylic acids is 1. The van der Waals surface area contributed by atoms with Gasteiger partial charge in [-0.1, -0.05) is 37.3 Å². The summed E-state index contributed by atoms with van der Waals surface area (Å²) >= 11 is 0. The molecule has 1 rings (SSSR count). The first-order chi connectivity index (χ1) is 8.15. The van der Waals surface area contributed by atoms with Gasteiger partial charge >= 0.3 is 5.97 Å². The first-order valence-corrected chi connectivity index (χ1v) is 5.69. The Morgan fingerprint density at radius 2 is 1.94 bits per heavy atom. The lowest BCUT2D eigenvalue weighted by Gasteiger charge is -2.14. The highest BCUT2D eigenvalue weighted by molar-refractivity contribution is 5.83. The molecule has 0 aliphatic rings. The van der Waals surface area contributed by atoms with Crippen molar-refractivity contribution < 1.29 is 14.7 Å². The van der Waals surface area contributed by atoms with E-state index in [9.17, 15) is 9.59 Å². The van der Waals surface area contributed by atoms with Gasteiger partial charge in [-0.2, -0.15) is 0 Å². The Morgan fingerprint density at radius 3 is 2.47 bits per heavy atom. The van der Waals surface area contributed by atoms with Gasteiger partial charge in [-0.05, 0) is 12.0 Å². The third-order valence-corrected chi connectivity index (χ3v) is 2.56. The molecule has 1 unspecified atom stereocenters. The van der Waals surface area contributed by atoms with Gasteiger partial charge in [-0.25, -0.2) is 0 Å². The van der Waals surface area contributed by atoms with Crippen LogP contribution < -0.4 is 5.32 Å². The van der Waals surface area contributed by atoms with Gasteiger partial charge in [-0.3, -0.25) is 9.59 Å². The lowest BCUT2D eigenvalue weighted by Crippen LogP contribution is -2.30. The molecule has 0 fully saturated rings. The summed E-state index contributed by atoms with van der Waals surface area (Å²) in [6.07, 6.45) is 0.653. The molecule has 1 aromatic rings. The van der Waals surface area contributed by atoms with Crippen LogP contribution in [0.3, 0.4) is 0 Å². The topological polar surface area (TPSA) is 66.4 Å². The number of carboxylic acid groups (broad SMARTS) is 1. The maximum absolute atomic E-state index is 11.9. The van der Waals surface area contributed by atoms with Gasteiger partial charge in [0.2, 0.25) is 5.91 Å². The molecule has 0 saturated carbocycles. The molecule has 0 saturated heterocycles. The number of aliphatic carboxylic acids is 1. The molecule has 0 aromatic heterocycles. The van der Waals surface area contributed by atoms with E-state index in [1.807, 2.05) is 37.3 Å². The molecule has 0 bridgehead atoms. The van der Waals surface area contributed by atoms with Crippen LogP contribution >= 0.6 is 0 Å². The predicted octanol–water partition coefficient (Wildman–Crippen LogP) is 1.77. The van der Waals surface area contributed by atoms with Crippen LogP contribution in [0.1, 0.15) is 31.2 Å². The average molecular weight is 235 g/mol. The second-order valence-electron chi connectivity index (χ2n) is 3.81. The summed E-state index contributed by atoms with van der Waals surface area (Å²) in [5, 5.41) is 11.1. The molecule has 1 amide bonds. The van der Waals surface area contributed by atoms with E-state index in [1.165, 1.54) is 0 Å². The minimum atomic E-state index is -0.905. The molecule has 0 spiro atoms. The number of amides is 1. The molecule has 17 heavy (non-hydrogen) atoms. The van der Waals surface area contributed by atoms with E-state index in [2.05, 4.69) is 5.32 Å². The Bertz CT molecular complexity index is 376. The SMILES string of the molecule is CCC(C(=O)NCCC(=O)O)c1ccccc1. The molecule has 0 aliphatic heterocycles. The van der Waals surface area contributed by atoms with Crippen LogP contribution in [0.4, 0.5) is 0 Å². The van der Waals surface area contributed by atoms with Crippen molar-refractivity contribution in [2.75, 3.05) is 6.54 Å². The molecule has 1 aromatic carbocycles. The fourth-order valence-corrected chi connectivity index (χ4v) is 1.67. The van der Waals surface area contributed by atoms with Crippen LogP contribution in [0.15, 0.2) is 30.3 Å². The van der Waals surface area contributed by atoms with Crippen LogP contribution in [0, 0.1) is 0 Å². The lowest BCUT2D eigenvalue weighted by atomic mass is 9.96. The first-order valence-electron chi connectivity index (χ1n) is 5.69.